The summed E-state index contributed by atoms with van der Waals surface area (Å²) in [5.74, 6) is 0. The number of hydroxylamine groups is 2. The Hall–Kier alpha value is -0.200. The molecule has 0 spiro atoms. The molecule has 0 aromatic rings. The van der Waals surface area contributed by atoms with Gasteiger partial charge < -0.3 is 4.90 Å². The van der Waals surface area contributed by atoms with Gasteiger partial charge in [-0.25, -0.2) is 5.26 Å². The molecule has 2 rings (SSSR count). The third-order valence-corrected chi connectivity index (χ3v) is 3.47. The van der Waals surface area contributed by atoms with E-state index in [4.69, 9.17) is 5.26 Å². The first-order chi connectivity index (χ1) is 7.40. The lowest BCUT2D eigenvalue weighted by Gasteiger charge is -2.38. The van der Waals surface area contributed by atoms with Crippen LogP contribution in [0.2, 0.25) is 0 Å². The topological polar surface area (TPSA) is 45.2 Å². The molecule has 2 aliphatic heterocycles. The molecule has 0 aliphatic carbocycles. The van der Waals surface area contributed by atoms with Gasteiger partial charge in [0.05, 0.1) is 0 Å². The largest absolute Gasteiger partial charge is 0.300 e. The zero-order valence-electron chi connectivity index (χ0n) is 9.10. The summed E-state index contributed by atoms with van der Waals surface area (Å²) in [4.78, 5) is 7.19. The van der Waals surface area contributed by atoms with Crippen LogP contribution >= 0.6 is 0 Å². The second-order valence-corrected chi connectivity index (χ2v) is 4.41. The van der Waals surface area contributed by atoms with Crippen molar-refractivity contribution < 1.29 is 15.3 Å². The molecule has 2 aliphatic rings. The quantitative estimate of drug-likeness (QED) is 0.568. The molecule has 88 valence electrons. The van der Waals surface area contributed by atoms with E-state index in [1.54, 1.807) is 5.06 Å². The van der Waals surface area contributed by atoms with Gasteiger partial charge in [0.1, 0.15) is 0 Å². The Bertz CT molecular complexity index is 178. The molecule has 5 nitrogen and oxygen atoms in total. The minimum absolute atomic E-state index is 0.698. The van der Waals surface area contributed by atoms with Crippen LogP contribution in [0.5, 0.6) is 0 Å². The molecule has 15 heavy (non-hydrogen) atoms. The van der Waals surface area contributed by atoms with E-state index in [2.05, 4.69) is 14.9 Å². The van der Waals surface area contributed by atoms with Crippen molar-refractivity contribution in [3.05, 3.63) is 0 Å². The van der Waals surface area contributed by atoms with E-state index in [-0.39, 0.29) is 0 Å². The van der Waals surface area contributed by atoms with Crippen LogP contribution in [0.1, 0.15) is 32.1 Å². The maximum atomic E-state index is 8.16. The normalized spacial score (nSPS) is 27.0. The van der Waals surface area contributed by atoms with Crippen molar-refractivity contribution in [3.8, 4) is 0 Å². The van der Waals surface area contributed by atoms with E-state index in [0.717, 1.165) is 25.9 Å². The predicted octanol–water partition coefficient (Wildman–Crippen LogP) is 1.27. The van der Waals surface area contributed by atoms with E-state index >= 15 is 0 Å². The van der Waals surface area contributed by atoms with Crippen molar-refractivity contribution >= 4 is 0 Å². The van der Waals surface area contributed by atoms with Crippen LogP contribution < -0.4 is 0 Å². The van der Waals surface area contributed by atoms with Gasteiger partial charge in [0.2, 0.25) is 0 Å². The van der Waals surface area contributed by atoms with Gasteiger partial charge in [-0.3, -0.25) is 0 Å². The Morgan fingerprint density at radius 2 is 1.60 bits per heavy atom. The zero-order chi connectivity index (χ0) is 10.5. The predicted molar refractivity (Wildman–Crippen MR) is 54.8 cm³/mol. The first-order valence-electron chi connectivity index (χ1n) is 5.87. The standard InChI is InChI=1S/C10H20N2O3/c13-15-14-12-8-4-10(5-9-12)11-6-2-1-3-7-11/h10,13H,1-9H2. The summed E-state index contributed by atoms with van der Waals surface area (Å²) < 4.78 is 0. The summed E-state index contributed by atoms with van der Waals surface area (Å²) in [7, 11) is 0. The van der Waals surface area contributed by atoms with Crippen molar-refractivity contribution in [1.82, 2.24) is 9.96 Å². The molecule has 0 radical (unpaired) electrons. The summed E-state index contributed by atoms with van der Waals surface area (Å²) >= 11 is 0. The second-order valence-electron chi connectivity index (χ2n) is 4.41. The number of rotatable bonds is 3. The minimum atomic E-state index is 0.698. The van der Waals surface area contributed by atoms with Crippen LogP contribution in [-0.4, -0.2) is 47.4 Å². The molecular formula is C10H20N2O3. The van der Waals surface area contributed by atoms with Crippen molar-refractivity contribution in [2.24, 2.45) is 0 Å². The average molecular weight is 216 g/mol. The Morgan fingerprint density at radius 3 is 2.20 bits per heavy atom. The van der Waals surface area contributed by atoms with Crippen molar-refractivity contribution in [2.75, 3.05) is 26.2 Å². The highest BCUT2D eigenvalue weighted by Crippen LogP contribution is 2.20. The third-order valence-electron chi connectivity index (χ3n) is 3.47. The van der Waals surface area contributed by atoms with Gasteiger partial charge >= 0.3 is 0 Å². The molecule has 2 heterocycles. The van der Waals surface area contributed by atoms with Crippen LogP contribution in [0, 0.1) is 0 Å². The lowest BCUT2D eigenvalue weighted by molar-refractivity contribution is -0.567. The van der Waals surface area contributed by atoms with E-state index in [9.17, 15) is 0 Å². The smallest absolute Gasteiger partial charge is 0.0286 e. The summed E-state index contributed by atoms with van der Waals surface area (Å²) in [5, 5.41) is 13.5. The van der Waals surface area contributed by atoms with E-state index in [0.29, 0.717) is 6.04 Å². The van der Waals surface area contributed by atoms with Gasteiger partial charge in [-0.15, -0.1) is 4.99 Å². The van der Waals surface area contributed by atoms with Gasteiger partial charge in [-0.1, -0.05) is 11.5 Å². The minimum Gasteiger partial charge on any atom is -0.300 e. The van der Waals surface area contributed by atoms with Crippen LogP contribution in [0.15, 0.2) is 0 Å². The van der Waals surface area contributed by atoms with Crippen LogP contribution in [0.3, 0.4) is 0 Å². The molecule has 0 amide bonds. The molecule has 0 saturated carbocycles. The number of hydrogen-bond donors (Lipinski definition) is 1. The van der Waals surface area contributed by atoms with E-state index in [1.165, 1.54) is 32.4 Å². The van der Waals surface area contributed by atoms with Gasteiger partial charge in [0, 0.05) is 19.1 Å². The lowest BCUT2D eigenvalue weighted by Crippen LogP contribution is -2.46. The average Bonchev–Trinajstić information content (AvgIpc) is 2.32. The van der Waals surface area contributed by atoms with Gasteiger partial charge in [0.25, 0.3) is 0 Å². The molecule has 0 aromatic carbocycles. The second kappa shape index (κ2) is 5.77. The number of piperidine rings is 2. The molecule has 1 N–H and O–H groups in total. The highest BCUT2D eigenvalue weighted by molar-refractivity contribution is 4.79. The maximum absolute atomic E-state index is 8.16. The van der Waals surface area contributed by atoms with Crippen molar-refractivity contribution in [1.29, 1.82) is 0 Å². The fraction of sp³-hybridized carbons (Fsp3) is 1.00. The number of hydrogen-bond acceptors (Lipinski definition) is 5. The van der Waals surface area contributed by atoms with Crippen molar-refractivity contribution in [3.63, 3.8) is 0 Å². The summed E-state index contributed by atoms with van der Waals surface area (Å²) in [5.41, 5.74) is 0. The first-order valence-corrected chi connectivity index (χ1v) is 5.87. The fourth-order valence-electron chi connectivity index (χ4n) is 2.61. The molecule has 5 heteroatoms. The molecule has 2 fully saturated rings. The molecule has 2 saturated heterocycles. The van der Waals surface area contributed by atoms with Crippen LogP contribution in [-0.2, 0) is 10.0 Å². The highest BCUT2D eigenvalue weighted by Gasteiger charge is 2.26. The van der Waals surface area contributed by atoms with Gasteiger partial charge in [0.15, 0.2) is 0 Å². The zero-order valence-corrected chi connectivity index (χ0v) is 9.10. The Kier molecular flexibility index (Phi) is 4.34. The monoisotopic (exact) mass is 216 g/mol. The fourth-order valence-corrected chi connectivity index (χ4v) is 2.61. The SMILES string of the molecule is OOON1CCC(N2CCCCC2)CC1. The Morgan fingerprint density at radius 1 is 0.933 bits per heavy atom. The third kappa shape index (κ3) is 3.12. The Labute approximate surface area is 90.4 Å². The highest BCUT2D eigenvalue weighted by atomic mass is 17.5. The van der Waals surface area contributed by atoms with Gasteiger partial charge in [-0.05, 0) is 38.8 Å². The molecule has 0 aromatic heterocycles. The maximum Gasteiger partial charge on any atom is 0.0286 e. The molecule has 0 unspecified atom stereocenters. The molecule has 0 atom stereocenters. The molecular weight excluding hydrogens is 196 g/mol. The summed E-state index contributed by atoms with van der Waals surface area (Å²) in [6.07, 6.45) is 6.27. The summed E-state index contributed by atoms with van der Waals surface area (Å²) in [6, 6.07) is 0.698. The lowest BCUT2D eigenvalue weighted by atomic mass is 10.0. The van der Waals surface area contributed by atoms with E-state index in [1.807, 2.05) is 0 Å². The van der Waals surface area contributed by atoms with Gasteiger partial charge in [-0.2, -0.15) is 5.06 Å². The van der Waals surface area contributed by atoms with Crippen LogP contribution in [0.4, 0.5) is 0 Å². The Balaban J connectivity index is 1.72. The summed E-state index contributed by atoms with van der Waals surface area (Å²) in [6.45, 7) is 4.17. The number of nitrogens with zero attached hydrogens (tertiary/aromatic N) is 2. The molecule has 0 bridgehead atoms. The van der Waals surface area contributed by atoms with Crippen LogP contribution in [0.25, 0.3) is 0 Å². The number of likely N-dealkylation sites (tertiary alicyclic amines) is 1. The van der Waals surface area contributed by atoms with E-state index < -0.39 is 0 Å². The van der Waals surface area contributed by atoms with Crippen molar-refractivity contribution in [2.45, 2.75) is 38.1 Å². The first kappa shape index (κ1) is 11.3.